The topological polar surface area (TPSA) is 173 Å². The second kappa shape index (κ2) is 10.1. The average molecular weight is 488 g/mol. The van der Waals surface area contributed by atoms with Gasteiger partial charge in [0.25, 0.3) is 31.6 Å². The van der Waals surface area contributed by atoms with Crippen LogP contribution in [0.1, 0.15) is 36.2 Å². The number of benzene rings is 2. The standard InChI is InChI=1S/C18H20N2O10S2/c1-31(25,26)29-17(13-3-7-15(8-4-13)19(21)22)11-12-18(30-32(2,27)28)14-5-9-16(10-6-14)20(23)24/h3-10,17-18H,11-12H2,1-2H3/t17-,18-/m1/s1. The number of non-ortho nitro benzene ring substituents is 2. The number of rotatable bonds is 11. The lowest BCUT2D eigenvalue weighted by Crippen LogP contribution is -2.15. The molecule has 0 saturated carbocycles. The Balaban J connectivity index is 2.31. The van der Waals surface area contributed by atoms with Crippen molar-refractivity contribution in [2.75, 3.05) is 12.5 Å². The SMILES string of the molecule is CS(=O)(=O)O[C@H](CC[C@@H](OS(C)(=O)=O)c1ccc([N+](=O)[O-])cc1)c1ccc([N+](=O)[O-])cc1. The molecule has 0 saturated heterocycles. The highest BCUT2D eigenvalue weighted by atomic mass is 32.2. The van der Waals surface area contributed by atoms with Crippen LogP contribution in [0.25, 0.3) is 0 Å². The molecule has 0 fully saturated rings. The first-order chi connectivity index (χ1) is 14.7. The minimum atomic E-state index is -3.93. The average Bonchev–Trinajstić information content (AvgIpc) is 2.68. The molecule has 0 aliphatic rings. The molecular formula is C18H20N2O10S2. The summed E-state index contributed by atoms with van der Waals surface area (Å²) < 4.78 is 57.1. The van der Waals surface area contributed by atoms with Crippen LogP contribution in [0, 0.1) is 20.2 Å². The van der Waals surface area contributed by atoms with Crippen molar-refractivity contribution in [1.29, 1.82) is 0 Å². The Kier molecular flexibility index (Phi) is 8.01. The molecule has 174 valence electrons. The third kappa shape index (κ3) is 7.96. The summed E-state index contributed by atoms with van der Waals surface area (Å²) >= 11 is 0. The maximum Gasteiger partial charge on any atom is 0.269 e. The fourth-order valence-electron chi connectivity index (χ4n) is 2.89. The van der Waals surface area contributed by atoms with Gasteiger partial charge < -0.3 is 0 Å². The predicted molar refractivity (Wildman–Crippen MR) is 113 cm³/mol. The second-order valence-electron chi connectivity index (χ2n) is 6.85. The smallest absolute Gasteiger partial charge is 0.262 e. The van der Waals surface area contributed by atoms with Crippen molar-refractivity contribution in [3.05, 3.63) is 79.9 Å². The van der Waals surface area contributed by atoms with Gasteiger partial charge in [-0.2, -0.15) is 16.8 Å². The summed E-state index contributed by atoms with van der Waals surface area (Å²) in [6.07, 6.45) is -0.549. The summed E-state index contributed by atoms with van der Waals surface area (Å²) in [5.41, 5.74) is 0.248. The second-order valence-corrected chi connectivity index (χ2v) is 10.1. The molecule has 0 bridgehead atoms. The first-order valence-corrected chi connectivity index (χ1v) is 12.6. The lowest BCUT2D eigenvalue weighted by atomic mass is 9.99. The molecule has 0 unspecified atom stereocenters. The molecule has 0 radical (unpaired) electrons. The quantitative estimate of drug-likeness (QED) is 0.260. The molecule has 32 heavy (non-hydrogen) atoms. The molecule has 0 aliphatic heterocycles. The van der Waals surface area contributed by atoms with Gasteiger partial charge in [-0.25, -0.2) is 0 Å². The van der Waals surface area contributed by atoms with Gasteiger partial charge in [-0.3, -0.25) is 28.6 Å². The van der Waals surface area contributed by atoms with Crippen LogP contribution in [-0.2, 0) is 28.6 Å². The van der Waals surface area contributed by atoms with Crippen molar-refractivity contribution >= 4 is 31.6 Å². The first-order valence-electron chi connectivity index (χ1n) is 9.00. The molecule has 0 amide bonds. The molecule has 2 aromatic carbocycles. The normalized spacial score (nSPS) is 13.9. The lowest BCUT2D eigenvalue weighted by molar-refractivity contribution is -0.385. The highest BCUT2D eigenvalue weighted by Gasteiger charge is 2.24. The zero-order valence-corrected chi connectivity index (χ0v) is 18.6. The number of nitrogens with zero attached hydrogens (tertiary/aromatic N) is 2. The molecule has 0 heterocycles. The molecule has 2 atom stereocenters. The van der Waals surface area contributed by atoms with Crippen LogP contribution in [0.4, 0.5) is 11.4 Å². The van der Waals surface area contributed by atoms with Crippen LogP contribution in [0.5, 0.6) is 0 Å². The molecule has 2 rings (SSSR count). The summed E-state index contributed by atoms with van der Waals surface area (Å²) in [5.74, 6) is 0. The summed E-state index contributed by atoms with van der Waals surface area (Å²) in [5, 5.41) is 21.7. The first kappa shape index (κ1) is 25.3. The van der Waals surface area contributed by atoms with Gasteiger partial charge in [-0.1, -0.05) is 0 Å². The minimum absolute atomic E-state index is 0.0396. The van der Waals surface area contributed by atoms with E-state index in [9.17, 15) is 37.1 Å². The van der Waals surface area contributed by atoms with E-state index in [4.69, 9.17) is 8.37 Å². The van der Waals surface area contributed by atoms with Gasteiger partial charge >= 0.3 is 0 Å². The highest BCUT2D eigenvalue weighted by molar-refractivity contribution is 7.86. The maximum atomic E-state index is 11.7. The van der Waals surface area contributed by atoms with Crippen molar-refractivity contribution in [3.63, 3.8) is 0 Å². The molecular weight excluding hydrogens is 468 g/mol. The Morgan fingerprint density at radius 1 is 0.688 bits per heavy atom. The zero-order chi connectivity index (χ0) is 24.1. The van der Waals surface area contributed by atoms with Gasteiger partial charge in [0.1, 0.15) is 12.2 Å². The summed E-state index contributed by atoms with van der Waals surface area (Å²) in [6.45, 7) is 0. The third-order valence-electron chi connectivity index (χ3n) is 4.22. The molecule has 0 aromatic heterocycles. The van der Waals surface area contributed by atoms with Crippen molar-refractivity contribution in [3.8, 4) is 0 Å². The summed E-state index contributed by atoms with van der Waals surface area (Å²) in [6, 6.07) is 10.1. The van der Waals surface area contributed by atoms with Crippen LogP contribution < -0.4 is 0 Å². The number of hydrogen-bond donors (Lipinski definition) is 0. The summed E-state index contributed by atoms with van der Waals surface area (Å²) in [7, 11) is -7.86. The van der Waals surface area contributed by atoms with E-state index in [2.05, 4.69) is 0 Å². The van der Waals surface area contributed by atoms with E-state index >= 15 is 0 Å². The van der Waals surface area contributed by atoms with Gasteiger partial charge in [0.05, 0.1) is 22.4 Å². The molecule has 0 aliphatic carbocycles. The van der Waals surface area contributed by atoms with Crippen LogP contribution in [0.2, 0.25) is 0 Å². The molecule has 12 nitrogen and oxygen atoms in total. The Morgan fingerprint density at radius 2 is 0.969 bits per heavy atom. The lowest BCUT2D eigenvalue weighted by Gasteiger charge is -2.21. The van der Waals surface area contributed by atoms with Crippen molar-refractivity contribution < 1.29 is 35.0 Å². The predicted octanol–water partition coefficient (Wildman–Crippen LogP) is 3.02. The Morgan fingerprint density at radius 3 is 1.19 bits per heavy atom. The Hall–Kier alpha value is -2.94. The van der Waals surface area contributed by atoms with E-state index in [-0.39, 0.29) is 24.2 Å². The van der Waals surface area contributed by atoms with E-state index in [0.29, 0.717) is 11.1 Å². The fourth-order valence-corrected chi connectivity index (χ4v) is 4.15. The van der Waals surface area contributed by atoms with Crippen LogP contribution in [0.3, 0.4) is 0 Å². The Labute approximate surface area is 184 Å². The van der Waals surface area contributed by atoms with Crippen LogP contribution in [0.15, 0.2) is 48.5 Å². The zero-order valence-electron chi connectivity index (χ0n) is 17.0. The number of hydrogen-bond acceptors (Lipinski definition) is 10. The van der Waals surface area contributed by atoms with E-state index in [1.165, 1.54) is 48.5 Å². The van der Waals surface area contributed by atoms with Gasteiger partial charge in [0, 0.05) is 24.3 Å². The number of nitro groups is 2. The minimum Gasteiger partial charge on any atom is -0.262 e. The van der Waals surface area contributed by atoms with Crippen molar-refractivity contribution in [1.82, 2.24) is 0 Å². The van der Waals surface area contributed by atoms with Gasteiger partial charge in [0.15, 0.2) is 0 Å². The van der Waals surface area contributed by atoms with E-state index < -0.39 is 42.3 Å². The van der Waals surface area contributed by atoms with Gasteiger partial charge in [0.2, 0.25) is 0 Å². The fraction of sp³-hybridized carbons (Fsp3) is 0.333. The molecule has 0 N–H and O–H groups in total. The highest BCUT2D eigenvalue weighted by Crippen LogP contribution is 2.33. The molecule has 14 heteroatoms. The van der Waals surface area contributed by atoms with Crippen LogP contribution >= 0.6 is 0 Å². The van der Waals surface area contributed by atoms with Crippen molar-refractivity contribution in [2.24, 2.45) is 0 Å². The monoisotopic (exact) mass is 488 g/mol. The molecule has 2 aromatic rings. The third-order valence-corrected chi connectivity index (χ3v) is 5.39. The largest absolute Gasteiger partial charge is 0.269 e. The van der Waals surface area contributed by atoms with Gasteiger partial charge in [-0.05, 0) is 48.2 Å². The van der Waals surface area contributed by atoms with E-state index in [1.807, 2.05) is 0 Å². The maximum absolute atomic E-state index is 11.7. The molecule has 0 spiro atoms. The summed E-state index contributed by atoms with van der Waals surface area (Å²) in [4.78, 5) is 20.5. The van der Waals surface area contributed by atoms with E-state index in [1.54, 1.807) is 0 Å². The number of nitro benzene ring substituents is 2. The van der Waals surface area contributed by atoms with Crippen molar-refractivity contribution in [2.45, 2.75) is 25.0 Å². The van der Waals surface area contributed by atoms with E-state index in [0.717, 1.165) is 12.5 Å². The van der Waals surface area contributed by atoms with Crippen LogP contribution in [-0.4, -0.2) is 39.2 Å². The van der Waals surface area contributed by atoms with Gasteiger partial charge in [-0.15, -0.1) is 0 Å². The Bertz CT molecular complexity index is 1080.